The first kappa shape index (κ1) is 14.1. The Morgan fingerprint density at radius 3 is 2.23 bits per heavy atom. The van der Waals surface area contributed by atoms with Gasteiger partial charge in [-0.3, -0.25) is 0 Å². The van der Waals surface area contributed by atoms with Crippen molar-refractivity contribution in [1.82, 2.24) is 0 Å². The molecule has 0 aromatic carbocycles. The number of thioether (sulfide) groups is 3. The minimum Gasteiger partial charge on any atom is -0.165 e. The topological polar surface area (TPSA) is 0 Å². The maximum atomic E-state index is 2.27. The monoisotopic (exact) mass is 238 g/mol. The maximum absolute atomic E-state index is 2.27. The third-order valence-corrected chi connectivity index (χ3v) is 4.69. The summed E-state index contributed by atoms with van der Waals surface area (Å²) in [6.45, 7) is 4.51. The summed E-state index contributed by atoms with van der Waals surface area (Å²) in [5.74, 6) is 5.22. The molecule has 0 saturated heterocycles. The maximum Gasteiger partial charge on any atom is 0.00626 e. The van der Waals surface area contributed by atoms with Crippen molar-refractivity contribution in [2.24, 2.45) is 0 Å². The van der Waals surface area contributed by atoms with Gasteiger partial charge in [-0.05, 0) is 42.1 Å². The Morgan fingerprint density at radius 2 is 1.69 bits per heavy atom. The Bertz CT molecular complexity index is 96.2. The van der Waals surface area contributed by atoms with E-state index in [-0.39, 0.29) is 0 Å². The summed E-state index contributed by atoms with van der Waals surface area (Å²) in [5.41, 5.74) is 0. The van der Waals surface area contributed by atoms with E-state index in [0.717, 1.165) is 5.25 Å². The van der Waals surface area contributed by atoms with Crippen LogP contribution in [0, 0.1) is 0 Å². The van der Waals surface area contributed by atoms with E-state index in [1.165, 1.54) is 35.9 Å². The zero-order chi connectivity index (χ0) is 9.94. The molecule has 3 heteroatoms. The van der Waals surface area contributed by atoms with Gasteiger partial charge in [-0.2, -0.15) is 35.3 Å². The quantitative estimate of drug-likeness (QED) is 0.557. The van der Waals surface area contributed by atoms with E-state index in [1.807, 2.05) is 11.8 Å². The normalized spacial score (nSPS) is 13.2. The minimum absolute atomic E-state index is 0.913. The van der Waals surface area contributed by atoms with E-state index < -0.39 is 0 Å². The van der Waals surface area contributed by atoms with Crippen molar-refractivity contribution in [2.75, 3.05) is 29.3 Å². The Morgan fingerprint density at radius 1 is 1.00 bits per heavy atom. The van der Waals surface area contributed by atoms with Gasteiger partial charge in [-0.1, -0.05) is 13.8 Å². The summed E-state index contributed by atoms with van der Waals surface area (Å²) in [6.07, 6.45) is 5.00. The van der Waals surface area contributed by atoms with Gasteiger partial charge in [0.15, 0.2) is 0 Å². The molecule has 0 N–H and O–H groups in total. The van der Waals surface area contributed by atoms with Gasteiger partial charge in [0.05, 0.1) is 0 Å². The lowest BCUT2D eigenvalue weighted by Crippen LogP contribution is -2.06. The average molecular weight is 238 g/mol. The minimum atomic E-state index is 0.913. The molecule has 80 valence electrons. The second kappa shape index (κ2) is 11.1. The van der Waals surface area contributed by atoms with Gasteiger partial charge in [-0.15, -0.1) is 0 Å². The SMILES string of the molecule is CCSCCC(CCSC)SCC. The van der Waals surface area contributed by atoms with E-state index in [0.29, 0.717) is 0 Å². The summed E-state index contributed by atoms with van der Waals surface area (Å²) in [4.78, 5) is 0. The van der Waals surface area contributed by atoms with Crippen LogP contribution in [-0.4, -0.2) is 34.5 Å². The first-order valence-electron chi connectivity index (χ1n) is 5.03. The molecule has 0 aliphatic rings. The molecule has 0 aromatic rings. The lowest BCUT2D eigenvalue weighted by Gasteiger charge is -2.14. The zero-order valence-corrected chi connectivity index (χ0v) is 11.5. The van der Waals surface area contributed by atoms with Gasteiger partial charge in [0.1, 0.15) is 0 Å². The highest BCUT2D eigenvalue weighted by molar-refractivity contribution is 8.00. The molecule has 1 atom stereocenters. The highest BCUT2D eigenvalue weighted by atomic mass is 32.2. The molecule has 0 radical (unpaired) electrons. The van der Waals surface area contributed by atoms with Gasteiger partial charge in [0, 0.05) is 5.25 Å². The van der Waals surface area contributed by atoms with Gasteiger partial charge >= 0.3 is 0 Å². The van der Waals surface area contributed by atoms with Crippen LogP contribution in [0.4, 0.5) is 0 Å². The smallest absolute Gasteiger partial charge is 0.00626 e. The lowest BCUT2D eigenvalue weighted by atomic mass is 10.3. The van der Waals surface area contributed by atoms with Crippen LogP contribution in [0.2, 0.25) is 0 Å². The Kier molecular flexibility index (Phi) is 12.0. The molecular weight excluding hydrogens is 216 g/mol. The summed E-state index contributed by atoms with van der Waals surface area (Å²) < 4.78 is 0. The highest BCUT2D eigenvalue weighted by Gasteiger charge is 2.06. The summed E-state index contributed by atoms with van der Waals surface area (Å²) in [5, 5.41) is 0.913. The van der Waals surface area contributed by atoms with Crippen LogP contribution in [0.15, 0.2) is 0 Å². The van der Waals surface area contributed by atoms with E-state index in [4.69, 9.17) is 0 Å². The van der Waals surface area contributed by atoms with Crippen LogP contribution in [0.25, 0.3) is 0 Å². The van der Waals surface area contributed by atoms with Gasteiger partial charge in [0.2, 0.25) is 0 Å². The van der Waals surface area contributed by atoms with Crippen molar-refractivity contribution in [3.05, 3.63) is 0 Å². The van der Waals surface area contributed by atoms with Crippen LogP contribution in [0.5, 0.6) is 0 Å². The van der Waals surface area contributed by atoms with Crippen LogP contribution < -0.4 is 0 Å². The molecule has 0 bridgehead atoms. The van der Waals surface area contributed by atoms with Crippen LogP contribution >= 0.6 is 35.3 Å². The second-order valence-corrected chi connectivity index (χ2v) is 6.80. The number of hydrogen-bond donors (Lipinski definition) is 0. The molecule has 13 heavy (non-hydrogen) atoms. The molecule has 0 aliphatic carbocycles. The fourth-order valence-electron chi connectivity index (χ4n) is 1.16. The summed E-state index contributed by atoms with van der Waals surface area (Å²) >= 11 is 6.19. The Labute approximate surface area is 96.4 Å². The first-order valence-corrected chi connectivity index (χ1v) is 8.63. The van der Waals surface area contributed by atoms with E-state index in [9.17, 15) is 0 Å². The fraction of sp³-hybridized carbons (Fsp3) is 1.00. The zero-order valence-electron chi connectivity index (χ0n) is 9.04. The number of hydrogen-bond acceptors (Lipinski definition) is 3. The Hall–Kier alpha value is 1.05. The van der Waals surface area contributed by atoms with E-state index in [1.54, 1.807) is 0 Å². The molecule has 0 aliphatic heterocycles. The standard InChI is InChI=1S/C10H22S3/c1-4-12-9-7-10(13-5-2)6-8-11-3/h10H,4-9H2,1-3H3. The number of rotatable bonds is 9. The van der Waals surface area contributed by atoms with Crippen LogP contribution in [0.3, 0.4) is 0 Å². The molecule has 0 spiro atoms. The van der Waals surface area contributed by atoms with Gasteiger partial charge in [-0.25, -0.2) is 0 Å². The molecule has 0 rings (SSSR count). The lowest BCUT2D eigenvalue weighted by molar-refractivity contribution is 0.807. The third kappa shape index (κ3) is 9.36. The molecule has 0 heterocycles. The molecule has 0 saturated carbocycles. The molecule has 0 aromatic heterocycles. The van der Waals surface area contributed by atoms with Crippen LogP contribution in [-0.2, 0) is 0 Å². The summed E-state index contributed by atoms with van der Waals surface area (Å²) in [7, 11) is 0. The predicted molar refractivity (Wildman–Crippen MR) is 72.5 cm³/mol. The molecule has 0 nitrogen and oxygen atoms in total. The molecule has 0 amide bonds. The van der Waals surface area contributed by atoms with Crippen molar-refractivity contribution < 1.29 is 0 Å². The fourth-order valence-corrected chi connectivity index (χ4v) is 3.75. The van der Waals surface area contributed by atoms with Crippen molar-refractivity contribution in [2.45, 2.75) is 31.9 Å². The van der Waals surface area contributed by atoms with Crippen LogP contribution in [0.1, 0.15) is 26.7 Å². The van der Waals surface area contributed by atoms with Crippen molar-refractivity contribution >= 4 is 35.3 Å². The molecular formula is C10H22S3. The Balaban J connectivity index is 3.41. The van der Waals surface area contributed by atoms with E-state index >= 15 is 0 Å². The van der Waals surface area contributed by atoms with Crippen molar-refractivity contribution in [3.8, 4) is 0 Å². The van der Waals surface area contributed by atoms with Gasteiger partial charge in [0.25, 0.3) is 0 Å². The summed E-state index contributed by atoms with van der Waals surface area (Å²) in [6, 6.07) is 0. The molecule has 0 fully saturated rings. The second-order valence-electron chi connectivity index (χ2n) is 2.84. The molecule has 1 unspecified atom stereocenters. The van der Waals surface area contributed by atoms with Crippen molar-refractivity contribution in [1.29, 1.82) is 0 Å². The van der Waals surface area contributed by atoms with Gasteiger partial charge < -0.3 is 0 Å². The largest absolute Gasteiger partial charge is 0.165 e. The van der Waals surface area contributed by atoms with Crippen molar-refractivity contribution in [3.63, 3.8) is 0 Å². The predicted octanol–water partition coefficient (Wildman–Crippen LogP) is 4.00. The third-order valence-electron chi connectivity index (χ3n) is 1.83. The average Bonchev–Trinajstić information content (AvgIpc) is 2.14. The highest BCUT2D eigenvalue weighted by Crippen LogP contribution is 2.21. The first-order chi connectivity index (χ1) is 6.35. The van der Waals surface area contributed by atoms with E-state index in [2.05, 4.69) is 43.6 Å².